The van der Waals surface area contributed by atoms with Crippen LogP contribution in [0.2, 0.25) is 0 Å². The van der Waals surface area contributed by atoms with Crippen LogP contribution in [-0.2, 0) is 4.79 Å². The third-order valence-electron chi connectivity index (χ3n) is 4.56. The van der Waals surface area contributed by atoms with Gasteiger partial charge in [-0.15, -0.1) is 0 Å². The third-order valence-corrected chi connectivity index (χ3v) is 6.94. The molecule has 0 atom stereocenters. The summed E-state index contributed by atoms with van der Waals surface area (Å²) in [6, 6.07) is 16.4. The molecule has 138 valence electrons. The van der Waals surface area contributed by atoms with Crippen molar-refractivity contribution >= 4 is 46.0 Å². The lowest BCUT2D eigenvalue weighted by Gasteiger charge is -2.19. The molecule has 0 unspecified atom stereocenters. The van der Waals surface area contributed by atoms with Gasteiger partial charge in [0.05, 0.1) is 11.4 Å². The maximum absolute atomic E-state index is 13.1. The van der Waals surface area contributed by atoms with Gasteiger partial charge in [0.15, 0.2) is 5.17 Å². The number of amides is 1. The Hall–Kier alpha value is -2.18. The molecule has 0 saturated carbocycles. The average molecular weight is 396 g/mol. The van der Waals surface area contributed by atoms with Crippen LogP contribution in [0.3, 0.4) is 0 Å². The molecule has 2 aliphatic heterocycles. The normalized spacial score (nSPS) is 20.7. The molecule has 0 N–H and O–H groups in total. The highest BCUT2D eigenvalue weighted by atomic mass is 32.2. The molecule has 1 fully saturated rings. The number of likely N-dealkylation sites (N-methyl/N-ethyl adjacent to an activating group) is 1. The molecule has 4 rings (SSSR count). The second kappa shape index (κ2) is 7.44. The van der Waals surface area contributed by atoms with E-state index in [-0.39, 0.29) is 5.91 Å². The number of fused-ring (bicyclic) bond motifs is 1. The van der Waals surface area contributed by atoms with Crippen molar-refractivity contribution in [2.45, 2.75) is 25.7 Å². The first kappa shape index (κ1) is 18.2. The van der Waals surface area contributed by atoms with E-state index in [1.54, 1.807) is 16.7 Å². The SMILES string of the molecule is CCN1C(=O)C(=C2Sc3ccccc3N2CC)SC1=Nc1ccc(C)cc1. The van der Waals surface area contributed by atoms with E-state index in [4.69, 9.17) is 4.99 Å². The highest BCUT2D eigenvalue weighted by molar-refractivity contribution is 8.19. The van der Waals surface area contributed by atoms with Crippen molar-refractivity contribution in [2.75, 3.05) is 18.0 Å². The van der Waals surface area contributed by atoms with Crippen LogP contribution in [0.15, 0.2) is 68.4 Å². The summed E-state index contributed by atoms with van der Waals surface area (Å²) in [6.07, 6.45) is 0. The zero-order valence-corrected chi connectivity index (χ0v) is 17.2. The number of nitrogens with zero attached hydrogens (tertiary/aromatic N) is 3. The van der Waals surface area contributed by atoms with E-state index in [2.05, 4.69) is 30.9 Å². The lowest BCUT2D eigenvalue weighted by atomic mass is 10.2. The predicted molar refractivity (Wildman–Crippen MR) is 116 cm³/mol. The molecule has 4 nitrogen and oxygen atoms in total. The first-order valence-corrected chi connectivity index (χ1v) is 10.7. The summed E-state index contributed by atoms with van der Waals surface area (Å²) in [5, 5.41) is 1.77. The van der Waals surface area contributed by atoms with Gasteiger partial charge in [0.1, 0.15) is 9.93 Å². The lowest BCUT2D eigenvalue weighted by molar-refractivity contribution is -0.122. The smallest absolute Gasteiger partial charge is 0.269 e. The number of carbonyl (C=O) groups excluding carboxylic acids is 1. The van der Waals surface area contributed by atoms with Crippen molar-refractivity contribution in [3.8, 4) is 0 Å². The molecule has 0 radical (unpaired) electrons. The predicted octanol–water partition coefficient (Wildman–Crippen LogP) is 5.38. The number of aliphatic imine (C=N–C) groups is 1. The van der Waals surface area contributed by atoms with Crippen molar-refractivity contribution in [3.63, 3.8) is 0 Å². The van der Waals surface area contributed by atoms with Crippen molar-refractivity contribution in [2.24, 2.45) is 4.99 Å². The van der Waals surface area contributed by atoms with Gasteiger partial charge >= 0.3 is 0 Å². The number of anilines is 1. The Morgan fingerprint density at radius 3 is 2.33 bits per heavy atom. The van der Waals surface area contributed by atoms with Crippen molar-refractivity contribution < 1.29 is 4.79 Å². The number of thioether (sulfide) groups is 2. The molecule has 2 aromatic rings. The highest BCUT2D eigenvalue weighted by Gasteiger charge is 2.38. The number of carbonyl (C=O) groups is 1. The molecule has 1 amide bonds. The summed E-state index contributed by atoms with van der Waals surface area (Å²) in [5.41, 5.74) is 3.24. The molecular formula is C21H21N3OS2. The van der Waals surface area contributed by atoms with Crippen LogP contribution in [0.5, 0.6) is 0 Å². The van der Waals surface area contributed by atoms with Gasteiger partial charge in [-0.2, -0.15) is 0 Å². The Morgan fingerprint density at radius 2 is 1.63 bits per heavy atom. The Bertz CT molecular complexity index is 950. The molecule has 6 heteroatoms. The van der Waals surface area contributed by atoms with Gasteiger partial charge in [-0.25, -0.2) is 4.99 Å². The van der Waals surface area contributed by atoms with E-state index in [0.29, 0.717) is 6.54 Å². The molecular weight excluding hydrogens is 374 g/mol. The summed E-state index contributed by atoms with van der Waals surface area (Å²) in [7, 11) is 0. The topological polar surface area (TPSA) is 35.9 Å². The monoisotopic (exact) mass is 395 g/mol. The van der Waals surface area contributed by atoms with Crippen LogP contribution in [0.4, 0.5) is 11.4 Å². The molecule has 27 heavy (non-hydrogen) atoms. The molecule has 2 aliphatic rings. The fraction of sp³-hybridized carbons (Fsp3) is 0.238. The number of para-hydroxylation sites is 1. The number of aryl methyl sites for hydroxylation is 1. The van der Waals surface area contributed by atoms with E-state index in [1.807, 2.05) is 43.3 Å². The van der Waals surface area contributed by atoms with Crippen LogP contribution in [0.1, 0.15) is 19.4 Å². The second-order valence-electron chi connectivity index (χ2n) is 6.33. The third kappa shape index (κ3) is 3.28. The quantitative estimate of drug-likeness (QED) is 0.654. The van der Waals surface area contributed by atoms with E-state index < -0.39 is 0 Å². The molecule has 0 bridgehead atoms. The molecule has 2 heterocycles. The molecule has 0 aromatic heterocycles. The van der Waals surface area contributed by atoms with Gasteiger partial charge in [-0.05, 0) is 56.8 Å². The first-order valence-electron chi connectivity index (χ1n) is 9.06. The summed E-state index contributed by atoms with van der Waals surface area (Å²) >= 11 is 3.16. The lowest BCUT2D eigenvalue weighted by Crippen LogP contribution is -2.29. The largest absolute Gasteiger partial charge is 0.334 e. The fourth-order valence-electron chi connectivity index (χ4n) is 3.14. The van der Waals surface area contributed by atoms with Crippen LogP contribution < -0.4 is 4.90 Å². The van der Waals surface area contributed by atoms with Crippen LogP contribution >= 0.6 is 23.5 Å². The fourth-order valence-corrected chi connectivity index (χ4v) is 5.60. The molecule has 0 spiro atoms. The minimum absolute atomic E-state index is 0.0436. The van der Waals surface area contributed by atoms with E-state index in [9.17, 15) is 4.79 Å². The summed E-state index contributed by atoms with van der Waals surface area (Å²) < 4.78 is 0. The average Bonchev–Trinajstić information content (AvgIpc) is 3.20. The Morgan fingerprint density at radius 1 is 0.926 bits per heavy atom. The van der Waals surface area contributed by atoms with Gasteiger partial charge in [-0.3, -0.25) is 9.69 Å². The number of rotatable bonds is 3. The van der Waals surface area contributed by atoms with Crippen molar-refractivity contribution in [3.05, 3.63) is 64.0 Å². The number of amidine groups is 1. The van der Waals surface area contributed by atoms with E-state index >= 15 is 0 Å². The van der Waals surface area contributed by atoms with Crippen molar-refractivity contribution in [1.82, 2.24) is 4.90 Å². The van der Waals surface area contributed by atoms with Crippen molar-refractivity contribution in [1.29, 1.82) is 0 Å². The maximum atomic E-state index is 13.1. The standard InChI is InChI=1S/C21H21N3OS2/c1-4-23-16-8-6-7-9-17(16)26-20(23)18-19(25)24(5-2)21(27-18)22-15-12-10-14(3)11-13-15/h6-13H,4-5H2,1-3H3. The van der Waals surface area contributed by atoms with Crippen LogP contribution in [0, 0.1) is 6.92 Å². The highest BCUT2D eigenvalue weighted by Crippen LogP contribution is 2.50. The van der Waals surface area contributed by atoms with Crippen LogP contribution in [-0.4, -0.2) is 29.1 Å². The maximum Gasteiger partial charge on any atom is 0.269 e. The van der Waals surface area contributed by atoms with E-state index in [0.717, 1.165) is 27.3 Å². The van der Waals surface area contributed by atoms with Gasteiger partial charge in [0.25, 0.3) is 5.91 Å². The second-order valence-corrected chi connectivity index (χ2v) is 8.34. The van der Waals surface area contributed by atoms with Crippen LogP contribution in [0.25, 0.3) is 0 Å². The van der Waals surface area contributed by atoms with E-state index in [1.165, 1.54) is 27.9 Å². The van der Waals surface area contributed by atoms with Gasteiger partial charge in [0.2, 0.25) is 0 Å². The summed E-state index contributed by atoms with van der Waals surface area (Å²) in [6.45, 7) is 7.60. The molecule has 0 aliphatic carbocycles. The zero-order valence-electron chi connectivity index (χ0n) is 15.6. The minimum Gasteiger partial charge on any atom is -0.334 e. The number of benzene rings is 2. The summed E-state index contributed by atoms with van der Waals surface area (Å²) in [5.74, 6) is 0.0436. The zero-order chi connectivity index (χ0) is 19.0. The minimum atomic E-state index is 0.0436. The molecule has 1 saturated heterocycles. The number of hydrogen-bond donors (Lipinski definition) is 0. The van der Waals surface area contributed by atoms with Gasteiger partial charge in [0, 0.05) is 18.0 Å². The summed E-state index contributed by atoms with van der Waals surface area (Å²) in [4.78, 5) is 23.8. The Labute approximate surface area is 168 Å². The number of hydrogen-bond acceptors (Lipinski definition) is 5. The Balaban J connectivity index is 1.74. The first-order chi connectivity index (χ1) is 13.1. The van der Waals surface area contributed by atoms with Gasteiger partial charge < -0.3 is 4.90 Å². The molecule has 2 aromatic carbocycles. The van der Waals surface area contributed by atoms with Gasteiger partial charge in [-0.1, -0.05) is 41.6 Å². The Kier molecular flexibility index (Phi) is 5.02.